The molecule has 0 aromatic rings. The molecule has 146 valence electrons. The van der Waals surface area contributed by atoms with Crippen LogP contribution in [-0.2, 0) is 14.4 Å². The molecule has 0 aliphatic carbocycles. The molecule has 1 aliphatic rings. The number of aliphatic hydroxyl groups is 2. The van der Waals surface area contributed by atoms with E-state index in [-0.39, 0.29) is 5.41 Å². The van der Waals surface area contributed by atoms with Crippen LogP contribution in [0.4, 0.5) is 0 Å². The molecule has 0 aromatic heterocycles. The van der Waals surface area contributed by atoms with Crippen LogP contribution in [0.5, 0.6) is 0 Å². The van der Waals surface area contributed by atoms with E-state index in [1.165, 1.54) is 0 Å². The third-order valence-electron chi connectivity index (χ3n) is 5.01. The van der Waals surface area contributed by atoms with Crippen molar-refractivity contribution >= 4 is 17.9 Å². The van der Waals surface area contributed by atoms with Gasteiger partial charge in [-0.05, 0) is 19.3 Å². The standard InChI is InChI=1S/C9H19NO2.C6H8O7/c1-7-5-6-10(12)9(4,11)8(7,2)3;7-3(8)1-6(13,5(11)12)2-4(9)10/h7,11-12H,5-6H2,1-4H3;13H,1-2H2,(H,7,8)(H,9,10)(H,11,12). The van der Waals surface area contributed by atoms with Gasteiger partial charge in [0.05, 0.1) is 12.8 Å². The van der Waals surface area contributed by atoms with Gasteiger partial charge in [-0.2, -0.15) is 5.06 Å². The van der Waals surface area contributed by atoms with Crippen molar-refractivity contribution in [1.29, 1.82) is 0 Å². The molecule has 25 heavy (non-hydrogen) atoms. The van der Waals surface area contributed by atoms with Crippen LogP contribution >= 0.6 is 0 Å². The van der Waals surface area contributed by atoms with Gasteiger partial charge < -0.3 is 30.7 Å². The van der Waals surface area contributed by atoms with E-state index in [2.05, 4.69) is 6.92 Å². The number of carboxylic acid groups (broad SMARTS) is 3. The van der Waals surface area contributed by atoms with Gasteiger partial charge >= 0.3 is 17.9 Å². The first kappa shape index (κ1) is 23.2. The Morgan fingerprint density at radius 1 is 1.08 bits per heavy atom. The number of hydroxylamine groups is 2. The maximum absolute atomic E-state index is 10.3. The number of rotatable bonds is 5. The molecule has 2 unspecified atom stereocenters. The van der Waals surface area contributed by atoms with Gasteiger partial charge in [-0.3, -0.25) is 9.59 Å². The summed E-state index contributed by atoms with van der Waals surface area (Å²) in [7, 11) is 0. The van der Waals surface area contributed by atoms with Crippen LogP contribution in [0.3, 0.4) is 0 Å². The molecule has 1 aliphatic heterocycles. The number of piperidine rings is 1. The van der Waals surface area contributed by atoms with Gasteiger partial charge in [0, 0.05) is 12.0 Å². The van der Waals surface area contributed by atoms with Gasteiger partial charge in [0.25, 0.3) is 0 Å². The maximum atomic E-state index is 10.3. The molecule has 0 radical (unpaired) electrons. The molecule has 1 rings (SSSR count). The van der Waals surface area contributed by atoms with E-state index in [4.69, 9.17) is 20.4 Å². The number of carbonyl (C=O) groups is 3. The van der Waals surface area contributed by atoms with E-state index < -0.39 is 42.1 Å². The second kappa shape index (κ2) is 8.09. The fourth-order valence-electron chi connectivity index (χ4n) is 2.41. The molecule has 6 N–H and O–H groups in total. The maximum Gasteiger partial charge on any atom is 0.336 e. The Kier molecular flexibility index (Phi) is 7.52. The lowest BCUT2D eigenvalue weighted by atomic mass is 9.68. The number of aliphatic carboxylic acids is 3. The minimum absolute atomic E-state index is 0.264. The van der Waals surface area contributed by atoms with E-state index in [9.17, 15) is 24.7 Å². The molecule has 0 saturated carbocycles. The molecule has 2 atom stereocenters. The third-order valence-corrected chi connectivity index (χ3v) is 5.01. The van der Waals surface area contributed by atoms with Crippen molar-refractivity contribution in [2.75, 3.05) is 6.54 Å². The summed E-state index contributed by atoms with van der Waals surface area (Å²) in [5, 5.41) is 54.4. The second-order valence-corrected chi connectivity index (χ2v) is 7.03. The van der Waals surface area contributed by atoms with Gasteiger partial charge in [0.15, 0.2) is 5.60 Å². The molecule has 10 nitrogen and oxygen atoms in total. The largest absolute Gasteiger partial charge is 0.481 e. The highest BCUT2D eigenvalue weighted by atomic mass is 16.5. The lowest BCUT2D eigenvalue weighted by molar-refractivity contribution is -0.323. The van der Waals surface area contributed by atoms with Crippen molar-refractivity contribution in [2.24, 2.45) is 11.3 Å². The van der Waals surface area contributed by atoms with Gasteiger partial charge in [-0.1, -0.05) is 20.8 Å². The summed E-state index contributed by atoms with van der Waals surface area (Å²) < 4.78 is 0. The SMILES string of the molecule is CC1CCN(O)C(C)(O)C1(C)C.O=C(O)CC(O)(CC(=O)O)C(=O)O. The lowest BCUT2D eigenvalue weighted by Gasteiger charge is -2.52. The summed E-state index contributed by atoms with van der Waals surface area (Å²) >= 11 is 0. The summed E-state index contributed by atoms with van der Waals surface area (Å²) in [6, 6.07) is 0. The summed E-state index contributed by atoms with van der Waals surface area (Å²) in [4.78, 5) is 30.5. The molecule has 1 fully saturated rings. The first-order valence-electron chi connectivity index (χ1n) is 7.66. The van der Waals surface area contributed by atoms with Crippen molar-refractivity contribution in [1.82, 2.24) is 5.06 Å². The molecule has 10 heteroatoms. The minimum Gasteiger partial charge on any atom is -0.481 e. The van der Waals surface area contributed by atoms with Crippen LogP contribution in [0.15, 0.2) is 0 Å². The molecular formula is C15H27NO9. The molecule has 0 bridgehead atoms. The van der Waals surface area contributed by atoms with E-state index in [0.29, 0.717) is 12.5 Å². The number of hydrogen-bond donors (Lipinski definition) is 6. The number of carboxylic acids is 3. The monoisotopic (exact) mass is 365 g/mol. The predicted octanol–water partition coefficient (Wildman–Crippen LogP) is 0.204. The van der Waals surface area contributed by atoms with Crippen molar-refractivity contribution in [3.8, 4) is 0 Å². The van der Waals surface area contributed by atoms with Crippen LogP contribution < -0.4 is 0 Å². The zero-order valence-electron chi connectivity index (χ0n) is 14.8. The highest BCUT2D eigenvalue weighted by Crippen LogP contribution is 2.44. The Morgan fingerprint density at radius 2 is 1.48 bits per heavy atom. The average molecular weight is 365 g/mol. The topological polar surface area (TPSA) is 176 Å². The number of nitrogens with zero attached hydrogens (tertiary/aromatic N) is 1. The molecular weight excluding hydrogens is 338 g/mol. The van der Waals surface area contributed by atoms with Crippen LogP contribution in [0.2, 0.25) is 0 Å². The Morgan fingerprint density at radius 3 is 1.76 bits per heavy atom. The summed E-state index contributed by atoms with van der Waals surface area (Å²) in [6.45, 7) is 8.31. The predicted molar refractivity (Wildman–Crippen MR) is 83.8 cm³/mol. The van der Waals surface area contributed by atoms with Gasteiger partial charge in [-0.15, -0.1) is 0 Å². The fraction of sp³-hybridized carbons (Fsp3) is 0.800. The smallest absolute Gasteiger partial charge is 0.336 e. The van der Waals surface area contributed by atoms with Gasteiger partial charge in [0.1, 0.15) is 5.72 Å². The fourth-order valence-corrected chi connectivity index (χ4v) is 2.41. The summed E-state index contributed by atoms with van der Waals surface area (Å²) in [5.41, 5.74) is -4.11. The first-order chi connectivity index (χ1) is 11.1. The lowest BCUT2D eigenvalue weighted by Crippen LogP contribution is -2.61. The molecule has 0 amide bonds. The van der Waals surface area contributed by atoms with E-state index in [1.807, 2.05) is 13.8 Å². The normalized spacial score (nSPS) is 26.3. The Balaban J connectivity index is 0.000000462. The molecule has 1 heterocycles. The molecule has 1 saturated heterocycles. The van der Waals surface area contributed by atoms with Gasteiger partial charge in [0.2, 0.25) is 0 Å². The van der Waals surface area contributed by atoms with Crippen LogP contribution in [-0.4, -0.2) is 71.6 Å². The Hall–Kier alpha value is -1.75. The number of hydrogen-bond acceptors (Lipinski definition) is 7. The zero-order valence-corrected chi connectivity index (χ0v) is 14.8. The van der Waals surface area contributed by atoms with Crippen molar-refractivity contribution in [2.45, 2.75) is 58.3 Å². The van der Waals surface area contributed by atoms with Crippen LogP contribution in [0.1, 0.15) is 47.0 Å². The molecule has 0 aromatic carbocycles. The van der Waals surface area contributed by atoms with Gasteiger partial charge in [-0.25, -0.2) is 4.79 Å². The third kappa shape index (κ3) is 5.63. The first-order valence-corrected chi connectivity index (χ1v) is 7.66. The minimum atomic E-state index is -2.74. The van der Waals surface area contributed by atoms with E-state index in [0.717, 1.165) is 11.5 Å². The second-order valence-electron chi connectivity index (χ2n) is 7.03. The Bertz CT molecular complexity index is 479. The Labute approximate surface area is 145 Å². The van der Waals surface area contributed by atoms with Crippen molar-refractivity contribution < 1.29 is 45.1 Å². The summed E-state index contributed by atoms with van der Waals surface area (Å²) in [5.74, 6) is -4.59. The van der Waals surface area contributed by atoms with E-state index >= 15 is 0 Å². The van der Waals surface area contributed by atoms with Crippen LogP contribution in [0.25, 0.3) is 0 Å². The van der Waals surface area contributed by atoms with E-state index in [1.54, 1.807) is 6.92 Å². The average Bonchev–Trinajstić information content (AvgIpc) is 2.41. The van der Waals surface area contributed by atoms with Crippen molar-refractivity contribution in [3.63, 3.8) is 0 Å². The quantitative estimate of drug-likeness (QED) is 0.394. The zero-order chi connectivity index (χ0) is 20.2. The van der Waals surface area contributed by atoms with Crippen LogP contribution in [0, 0.1) is 11.3 Å². The molecule has 0 spiro atoms. The highest BCUT2D eigenvalue weighted by molar-refractivity contribution is 5.88. The highest BCUT2D eigenvalue weighted by Gasteiger charge is 2.50. The van der Waals surface area contributed by atoms with Crippen molar-refractivity contribution in [3.05, 3.63) is 0 Å². The summed E-state index contributed by atoms with van der Waals surface area (Å²) in [6.07, 6.45) is -1.36.